The number of para-hydroxylation sites is 1. The van der Waals surface area contributed by atoms with Crippen LogP contribution in [0.4, 0.5) is 0 Å². The molecule has 1 aromatic carbocycles. The van der Waals surface area contributed by atoms with Crippen molar-refractivity contribution in [3.05, 3.63) is 42.6 Å². The van der Waals surface area contributed by atoms with Gasteiger partial charge in [-0.05, 0) is 18.1 Å². The lowest BCUT2D eigenvalue weighted by Crippen LogP contribution is -2.34. The summed E-state index contributed by atoms with van der Waals surface area (Å²) in [5, 5.41) is 1.32. The molecule has 0 atom stereocenters. The minimum Gasteiger partial charge on any atom is -0.198 e. The maximum absolute atomic E-state index is 2.34. The second kappa shape index (κ2) is 4.43. The number of nitrogens with zero attached hydrogens (tertiary/aromatic N) is 1. The molecule has 1 nitrogen and oxygen atoms in total. The molecule has 0 amide bonds. The SMILES string of the molecule is CC(C)CC[n+]1cccc2ccccc21. The van der Waals surface area contributed by atoms with Crippen LogP contribution in [0.2, 0.25) is 0 Å². The molecule has 1 aromatic heterocycles. The van der Waals surface area contributed by atoms with E-state index in [0.29, 0.717) is 0 Å². The van der Waals surface area contributed by atoms with Crippen molar-refractivity contribution in [2.75, 3.05) is 0 Å². The first-order chi connectivity index (χ1) is 7.27. The zero-order valence-corrected chi connectivity index (χ0v) is 9.48. The van der Waals surface area contributed by atoms with E-state index in [1.165, 1.54) is 17.3 Å². The van der Waals surface area contributed by atoms with Gasteiger partial charge in [-0.3, -0.25) is 0 Å². The molecule has 15 heavy (non-hydrogen) atoms. The van der Waals surface area contributed by atoms with Crippen LogP contribution in [0, 0.1) is 5.92 Å². The van der Waals surface area contributed by atoms with Gasteiger partial charge >= 0.3 is 0 Å². The van der Waals surface area contributed by atoms with Crippen molar-refractivity contribution < 1.29 is 4.57 Å². The van der Waals surface area contributed by atoms with E-state index in [1.54, 1.807) is 0 Å². The maximum atomic E-state index is 2.34. The first kappa shape index (κ1) is 10.2. The molecule has 0 saturated carbocycles. The van der Waals surface area contributed by atoms with Gasteiger partial charge in [-0.25, -0.2) is 0 Å². The number of hydrogen-bond donors (Lipinski definition) is 0. The van der Waals surface area contributed by atoms with Gasteiger partial charge in [0, 0.05) is 23.9 Å². The van der Waals surface area contributed by atoms with Gasteiger partial charge in [-0.1, -0.05) is 26.0 Å². The monoisotopic (exact) mass is 200 g/mol. The number of aryl methyl sites for hydroxylation is 1. The van der Waals surface area contributed by atoms with Crippen molar-refractivity contribution in [2.24, 2.45) is 5.92 Å². The van der Waals surface area contributed by atoms with Gasteiger partial charge in [0.2, 0.25) is 5.52 Å². The fraction of sp³-hybridized carbons (Fsp3) is 0.357. The van der Waals surface area contributed by atoms with Crippen molar-refractivity contribution in [3.8, 4) is 0 Å². The molecule has 0 aliphatic heterocycles. The molecular weight excluding hydrogens is 182 g/mol. The van der Waals surface area contributed by atoms with Gasteiger partial charge < -0.3 is 0 Å². The highest BCUT2D eigenvalue weighted by atomic mass is 14.9. The first-order valence-electron chi connectivity index (χ1n) is 5.64. The van der Waals surface area contributed by atoms with Crippen LogP contribution in [0.5, 0.6) is 0 Å². The van der Waals surface area contributed by atoms with E-state index in [1.807, 2.05) is 0 Å². The van der Waals surface area contributed by atoms with E-state index in [0.717, 1.165) is 12.5 Å². The van der Waals surface area contributed by atoms with E-state index in [4.69, 9.17) is 0 Å². The Hall–Kier alpha value is -1.37. The molecule has 2 rings (SSSR count). The van der Waals surface area contributed by atoms with Crippen LogP contribution in [-0.4, -0.2) is 0 Å². The van der Waals surface area contributed by atoms with E-state index in [-0.39, 0.29) is 0 Å². The van der Waals surface area contributed by atoms with E-state index in [9.17, 15) is 0 Å². The first-order valence-corrected chi connectivity index (χ1v) is 5.64. The Morgan fingerprint density at radius 1 is 1.07 bits per heavy atom. The fourth-order valence-corrected chi connectivity index (χ4v) is 1.81. The zero-order chi connectivity index (χ0) is 10.7. The predicted octanol–water partition coefficient (Wildman–Crippen LogP) is 3.17. The molecule has 0 aliphatic rings. The summed E-state index contributed by atoms with van der Waals surface area (Å²) >= 11 is 0. The molecule has 1 heteroatoms. The number of hydrogen-bond acceptors (Lipinski definition) is 0. The van der Waals surface area contributed by atoms with Gasteiger partial charge in [0.15, 0.2) is 6.20 Å². The van der Waals surface area contributed by atoms with Crippen LogP contribution < -0.4 is 4.57 Å². The zero-order valence-electron chi connectivity index (χ0n) is 9.48. The summed E-state index contributed by atoms with van der Waals surface area (Å²) in [5.74, 6) is 0.761. The van der Waals surface area contributed by atoms with Gasteiger partial charge in [0.25, 0.3) is 0 Å². The standard InChI is InChI=1S/C14H18N/c1-12(2)9-11-15-10-5-7-13-6-3-4-8-14(13)15/h3-8,10,12H,9,11H2,1-2H3/q+1. The van der Waals surface area contributed by atoms with Crippen LogP contribution in [0.1, 0.15) is 20.3 Å². The Morgan fingerprint density at radius 3 is 2.60 bits per heavy atom. The number of rotatable bonds is 3. The Kier molecular flexibility index (Phi) is 3.00. The molecule has 2 aromatic rings. The Morgan fingerprint density at radius 2 is 1.80 bits per heavy atom. The van der Waals surface area contributed by atoms with Crippen molar-refractivity contribution in [1.29, 1.82) is 0 Å². The molecule has 1 heterocycles. The molecule has 0 radical (unpaired) electrons. The van der Waals surface area contributed by atoms with Crippen LogP contribution in [-0.2, 0) is 6.54 Å². The smallest absolute Gasteiger partial charge is 0.198 e. The van der Waals surface area contributed by atoms with Crippen LogP contribution in [0.25, 0.3) is 10.9 Å². The maximum Gasteiger partial charge on any atom is 0.212 e. The Balaban J connectivity index is 2.34. The summed E-state index contributed by atoms with van der Waals surface area (Å²) in [6.07, 6.45) is 3.41. The van der Waals surface area contributed by atoms with E-state index in [2.05, 4.69) is 61.0 Å². The van der Waals surface area contributed by atoms with E-state index >= 15 is 0 Å². The number of aromatic nitrogens is 1. The minimum atomic E-state index is 0.761. The van der Waals surface area contributed by atoms with Gasteiger partial charge in [0.05, 0.1) is 0 Å². The van der Waals surface area contributed by atoms with Crippen LogP contribution in [0.15, 0.2) is 42.6 Å². The second-order valence-electron chi connectivity index (χ2n) is 4.44. The summed E-state index contributed by atoms with van der Waals surface area (Å²) in [6, 6.07) is 12.9. The van der Waals surface area contributed by atoms with Gasteiger partial charge in [-0.15, -0.1) is 0 Å². The summed E-state index contributed by atoms with van der Waals surface area (Å²) < 4.78 is 2.34. The fourth-order valence-electron chi connectivity index (χ4n) is 1.81. The number of benzene rings is 1. The second-order valence-corrected chi connectivity index (χ2v) is 4.44. The quantitative estimate of drug-likeness (QED) is 0.670. The summed E-state index contributed by atoms with van der Waals surface area (Å²) in [7, 11) is 0. The largest absolute Gasteiger partial charge is 0.212 e. The number of pyridine rings is 1. The molecule has 0 bridgehead atoms. The highest BCUT2D eigenvalue weighted by Gasteiger charge is 2.07. The van der Waals surface area contributed by atoms with E-state index < -0.39 is 0 Å². The molecule has 0 spiro atoms. The van der Waals surface area contributed by atoms with Crippen molar-refractivity contribution in [2.45, 2.75) is 26.8 Å². The van der Waals surface area contributed by atoms with Crippen LogP contribution in [0.3, 0.4) is 0 Å². The van der Waals surface area contributed by atoms with Gasteiger partial charge in [-0.2, -0.15) is 4.57 Å². The third-order valence-corrected chi connectivity index (χ3v) is 2.74. The molecule has 78 valence electrons. The highest BCUT2D eigenvalue weighted by Crippen LogP contribution is 2.08. The molecule has 0 aliphatic carbocycles. The third kappa shape index (κ3) is 2.35. The average molecular weight is 200 g/mol. The van der Waals surface area contributed by atoms with Crippen LogP contribution >= 0.6 is 0 Å². The molecule has 0 unspecified atom stereocenters. The number of fused-ring (bicyclic) bond motifs is 1. The van der Waals surface area contributed by atoms with Crippen molar-refractivity contribution in [3.63, 3.8) is 0 Å². The predicted molar refractivity (Wildman–Crippen MR) is 63.6 cm³/mol. The van der Waals surface area contributed by atoms with Crippen molar-refractivity contribution >= 4 is 10.9 Å². The van der Waals surface area contributed by atoms with Gasteiger partial charge in [0.1, 0.15) is 6.54 Å². The molecule has 0 saturated heterocycles. The molecular formula is C14H18N+. The summed E-state index contributed by atoms with van der Waals surface area (Å²) in [4.78, 5) is 0. The molecule has 0 N–H and O–H groups in total. The molecule has 0 fully saturated rings. The third-order valence-electron chi connectivity index (χ3n) is 2.74. The topological polar surface area (TPSA) is 3.88 Å². The normalized spacial score (nSPS) is 11.1. The Bertz CT molecular complexity index is 441. The lowest BCUT2D eigenvalue weighted by atomic mass is 10.1. The average Bonchev–Trinajstić information content (AvgIpc) is 2.26. The summed E-state index contributed by atoms with van der Waals surface area (Å²) in [6.45, 7) is 5.65. The highest BCUT2D eigenvalue weighted by molar-refractivity contribution is 5.74. The Labute approximate surface area is 91.4 Å². The lowest BCUT2D eigenvalue weighted by Gasteiger charge is -2.03. The lowest BCUT2D eigenvalue weighted by molar-refractivity contribution is -0.672. The van der Waals surface area contributed by atoms with Crippen molar-refractivity contribution in [1.82, 2.24) is 0 Å². The summed E-state index contributed by atoms with van der Waals surface area (Å²) in [5.41, 5.74) is 1.33. The minimum absolute atomic E-state index is 0.761.